The van der Waals surface area contributed by atoms with Crippen LogP contribution in [0.15, 0.2) is 29.4 Å². The van der Waals surface area contributed by atoms with E-state index in [4.69, 9.17) is 0 Å². The van der Waals surface area contributed by atoms with Crippen LogP contribution in [0.3, 0.4) is 0 Å². The van der Waals surface area contributed by atoms with Crippen LogP contribution in [0.2, 0.25) is 0 Å². The molecular formula is C12H16N2S. The average molecular weight is 220 g/mol. The Bertz CT molecular complexity index is 335. The summed E-state index contributed by atoms with van der Waals surface area (Å²) in [6.45, 7) is 2.55. The molecule has 1 aliphatic heterocycles. The Hall–Kier alpha value is -0.540. The summed E-state index contributed by atoms with van der Waals surface area (Å²) in [5, 5.41) is 0. The summed E-state index contributed by atoms with van der Waals surface area (Å²) in [6, 6.07) is 4.19. The molecule has 2 fully saturated rings. The van der Waals surface area contributed by atoms with Gasteiger partial charge in [-0.1, -0.05) is 6.42 Å². The lowest BCUT2D eigenvalue weighted by Gasteiger charge is -2.38. The van der Waals surface area contributed by atoms with Crippen molar-refractivity contribution in [2.45, 2.75) is 30.6 Å². The highest BCUT2D eigenvalue weighted by atomic mass is 32.2. The SMILES string of the molecule is c1cc(SN2CCC3(CCC3)C2)ccn1. The smallest absolute Gasteiger partial charge is 0.0279 e. The van der Waals surface area contributed by atoms with Crippen molar-refractivity contribution in [1.29, 1.82) is 0 Å². The van der Waals surface area contributed by atoms with Crippen LogP contribution >= 0.6 is 11.9 Å². The van der Waals surface area contributed by atoms with E-state index in [-0.39, 0.29) is 0 Å². The fourth-order valence-electron chi connectivity index (χ4n) is 2.61. The highest BCUT2D eigenvalue weighted by Crippen LogP contribution is 2.49. The van der Waals surface area contributed by atoms with Crippen molar-refractivity contribution in [1.82, 2.24) is 9.29 Å². The summed E-state index contributed by atoms with van der Waals surface area (Å²) in [5.41, 5.74) is 0.708. The Kier molecular flexibility index (Phi) is 2.45. The van der Waals surface area contributed by atoms with Gasteiger partial charge in [0.1, 0.15) is 0 Å². The fourth-order valence-corrected chi connectivity index (χ4v) is 3.67. The first-order chi connectivity index (χ1) is 7.36. The molecule has 3 rings (SSSR count). The molecule has 1 aliphatic carbocycles. The van der Waals surface area contributed by atoms with Crippen LogP contribution in [0.5, 0.6) is 0 Å². The molecule has 1 spiro atoms. The number of hydrogen-bond acceptors (Lipinski definition) is 3. The zero-order chi connectivity index (χ0) is 10.1. The maximum atomic E-state index is 4.04. The lowest BCUT2D eigenvalue weighted by atomic mass is 9.68. The molecule has 1 aromatic heterocycles. The summed E-state index contributed by atoms with van der Waals surface area (Å²) in [7, 11) is 0. The Morgan fingerprint density at radius 3 is 2.60 bits per heavy atom. The summed E-state index contributed by atoms with van der Waals surface area (Å²) in [6.07, 6.45) is 9.52. The Morgan fingerprint density at radius 2 is 2.00 bits per heavy atom. The third kappa shape index (κ3) is 1.91. The predicted molar refractivity (Wildman–Crippen MR) is 62.6 cm³/mol. The lowest BCUT2D eigenvalue weighted by molar-refractivity contribution is 0.155. The van der Waals surface area contributed by atoms with Crippen LogP contribution in [0.4, 0.5) is 0 Å². The summed E-state index contributed by atoms with van der Waals surface area (Å²) in [4.78, 5) is 5.36. The second-order valence-corrected chi connectivity index (χ2v) is 5.91. The molecule has 1 aromatic rings. The van der Waals surface area contributed by atoms with Crippen molar-refractivity contribution in [2.24, 2.45) is 5.41 Å². The number of nitrogens with zero attached hydrogens (tertiary/aromatic N) is 2. The van der Waals surface area contributed by atoms with Crippen LogP contribution in [-0.4, -0.2) is 22.4 Å². The van der Waals surface area contributed by atoms with E-state index in [1.165, 1.54) is 43.7 Å². The van der Waals surface area contributed by atoms with Gasteiger partial charge in [-0.05, 0) is 48.8 Å². The monoisotopic (exact) mass is 220 g/mol. The highest BCUT2D eigenvalue weighted by molar-refractivity contribution is 7.97. The molecular weight excluding hydrogens is 204 g/mol. The average Bonchev–Trinajstić information content (AvgIpc) is 2.63. The van der Waals surface area contributed by atoms with Crippen molar-refractivity contribution in [3.05, 3.63) is 24.5 Å². The molecule has 0 atom stereocenters. The quantitative estimate of drug-likeness (QED) is 0.713. The van der Waals surface area contributed by atoms with E-state index in [1.807, 2.05) is 24.3 Å². The van der Waals surface area contributed by atoms with E-state index in [2.05, 4.69) is 21.4 Å². The summed E-state index contributed by atoms with van der Waals surface area (Å²) >= 11 is 1.90. The first-order valence-electron chi connectivity index (χ1n) is 5.69. The molecule has 2 nitrogen and oxygen atoms in total. The zero-order valence-corrected chi connectivity index (χ0v) is 9.67. The molecule has 2 heterocycles. The summed E-state index contributed by atoms with van der Waals surface area (Å²) in [5.74, 6) is 0. The minimum Gasteiger partial charge on any atom is -0.265 e. The number of pyridine rings is 1. The Labute approximate surface area is 95.2 Å². The fraction of sp³-hybridized carbons (Fsp3) is 0.583. The van der Waals surface area contributed by atoms with E-state index >= 15 is 0 Å². The second kappa shape index (κ2) is 3.80. The van der Waals surface area contributed by atoms with Gasteiger partial charge in [0.05, 0.1) is 0 Å². The first kappa shape index (κ1) is 9.67. The Morgan fingerprint density at radius 1 is 1.20 bits per heavy atom. The van der Waals surface area contributed by atoms with E-state index in [1.54, 1.807) is 0 Å². The van der Waals surface area contributed by atoms with Gasteiger partial charge in [-0.25, -0.2) is 4.31 Å². The van der Waals surface area contributed by atoms with Gasteiger partial charge >= 0.3 is 0 Å². The largest absolute Gasteiger partial charge is 0.265 e. The predicted octanol–water partition coefficient (Wildman–Crippen LogP) is 2.96. The normalized spacial score (nSPS) is 24.3. The number of hydrogen-bond donors (Lipinski definition) is 0. The zero-order valence-electron chi connectivity index (χ0n) is 8.85. The van der Waals surface area contributed by atoms with Crippen LogP contribution in [0.1, 0.15) is 25.7 Å². The van der Waals surface area contributed by atoms with E-state index in [0.717, 1.165) is 0 Å². The van der Waals surface area contributed by atoms with Gasteiger partial charge in [-0.15, -0.1) is 0 Å². The molecule has 1 saturated heterocycles. The van der Waals surface area contributed by atoms with Crippen LogP contribution in [-0.2, 0) is 0 Å². The third-order valence-corrected chi connectivity index (χ3v) is 4.75. The molecule has 0 unspecified atom stereocenters. The van der Waals surface area contributed by atoms with Gasteiger partial charge in [-0.3, -0.25) is 4.98 Å². The number of aromatic nitrogens is 1. The molecule has 0 bridgehead atoms. The molecule has 2 aliphatic rings. The van der Waals surface area contributed by atoms with Crippen molar-refractivity contribution < 1.29 is 0 Å². The standard InChI is InChI=1S/C12H16N2S/c1-4-12(5-1)6-9-14(10-12)15-11-2-7-13-8-3-11/h2-3,7-8H,1,4-6,9-10H2. The minimum absolute atomic E-state index is 0.708. The van der Waals surface area contributed by atoms with Gasteiger partial charge in [0.15, 0.2) is 0 Å². The van der Waals surface area contributed by atoms with Crippen molar-refractivity contribution in [3.63, 3.8) is 0 Å². The minimum atomic E-state index is 0.708. The second-order valence-electron chi connectivity index (χ2n) is 4.74. The van der Waals surface area contributed by atoms with Gasteiger partial charge in [0, 0.05) is 30.4 Å². The summed E-state index contributed by atoms with van der Waals surface area (Å²) < 4.78 is 2.52. The topological polar surface area (TPSA) is 16.1 Å². The molecule has 0 amide bonds. The molecule has 0 N–H and O–H groups in total. The maximum absolute atomic E-state index is 4.04. The molecule has 0 radical (unpaired) electrons. The van der Waals surface area contributed by atoms with Crippen molar-refractivity contribution in [3.8, 4) is 0 Å². The van der Waals surface area contributed by atoms with Crippen molar-refractivity contribution >= 4 is 11.9 Å². The highest BCUT2D eigenvalue weighted by Gasteiger charge is 2.42. The molecule has 15 heavy (non-hydrogen) atoms. The van der Waals surface area contributed by atoms with Crippen LogP contribution in [0.25, 0.3) is 0 Å². The van der Waals surface area contributed by atoms with Crippen LogP contribution < -0.4 is 0 Å². The van der Waals surface area contributed by atoms with E-state index in [9.17, 15) is 0 Å². The van der Waals surface area contributed by atoms with Crippen LogP contribution in [0, 0.1) is 5.41 Å². The first-order valence-corrected chi connectivity index (χ1v) is 6.47. The number of rotatable bonds is 2. The van der Waals surface area contributed by atoms with Gasteiger partial charge < -0.3 is 0 Å². The van der Waals surface area contributed by atoms with E-state index < -0.39 is 0 Å². The van der Waals surface area contributed by atoms with Gasteiger partial charge in [-0.2, -0.15) is 0 Å². The molecule has 1 saturated carbocycles. The van der Waals surface area contributed by atoms with E-state index in [0.29, 0.717) is 5.41 Å². The molecule has 0 aromatic carbocycles. The van der Waals surface area contributed by atoms with Crippen molar-refractivity contribution in [2.75, 3.05) is 13.1 Å². The lowest BCUT2D eigenvalue weighted by Crippen LogP contribution is -2.31. The molecule has 3 heteroatoms. The maximum Gasteiger partial charge on any atom is 0.0279 e. The Balaban J connectivity index is 1.61. The van der Waals surface area contributed by atoms with Gasteiger partial charge in [0.2, 0.25) is 0 Å². The molecule has 80 valence electrons. The van der Waals surface area contributed by atoms with Gasteiger partial charge in [0.25, 0.3) is 0 Å². The third-order valence-electron chi connectivity index (χ3n) is 3.70.